The fraction of sp³-hybridized carbons (Fsp3) is 0.0909. The molecule has 94 valence electrons. The third-order valence-corrected chi connectivity index (χ3v) is 3.47. The quantitative estimate of drug-likeness (QED) is 0.927. The zero-order valence-electron chi connectivity index (χ0n) is 8.91. The molecule has 0 unspecified atom stereocenters. The van der Waals surface area contributed by atoms with Crippen LogP contribution in [0.25, 0.3) is 0 Å². The highest BCUT2D eigenvalue weighted by Crippen LogP contribution is 2.25. The minimum absolute atomic E-state index is 0.0623. The largest absolute Gasteiger partial charge is 0.328 e. The second-order valence-electron chi connectivity index (χ2n) is 3.58. The van der Waals surface area contributed by atoms with E-state index in [-0.39, 0.29) is 11.6 Å². The van der Waals surface area contributed by atoms with Crippen LogP contribution in [-0.4, -0.2) is 9.55 Å². The summed E-state index contributed by atoms with van der Waals surface area (Å²) in [4.78, 5) is 24.8. The minimum atomic E-state index is -0.616. The third kappa shape index (κ3) is 2.61. The average molecular weight is 306 g/mol. The Morgan fingerprint density at radius 1 is 1.11 bits per heavy atom. The third-order valence-electron chi connectivity index (χ3n) is 2.34. The molecule has 0 atom stereocenters. The van der Waals surface area contributed by atoms with Gasteiger partial charge in [0.2, 0.25) is 0 Å². The maximum Gasteiger partial charge on any atom is 0.328 e. The predicted octanol–water partition coefficient (Wildman–Crippen LogP) is 2.55. The molecule has 0 saturated heterocycles. The fourth-order valence-corrected chi connectivity index (χ4v) is 2.00. The van der Waals surface area contributed by atoms with Crippen LogP contribution >= 0.6 is 34.8 Å². The number of benzene rings is 1. The second kappa shape index (κ2) is 5.18. The molecule has 0 aliphatic carbocycles. The van der Waals surface area contributed by atoms with E-state index in [1.165, 1.54) is 10.8 Å². The lowest BCUT2D eigenvalue weighted by molar-refractivity contribution is 0.721. The summed E-state index contributed by atoms with van der Waals surface area (Å²) in [5, 5.41) is 0.707. The Morgan fingerprint density at radius 2 is 1.83 bits per heavy atom. The van der Waals surface area contributed by atoms with E-state index in [1.54, 1.807) is 18.2 Å². The zero-order valence-corrected chi connectivity index (χ0v) is 11.2. The van der Waals surface area contributed by atoms with Crippen LogP contribution in [0.4, 0.5) is 0 Å². The average Bonchev–Trinajstić information content (AvgIpc) is 2.32. The number of aromatic amines is 1. The smallest absolute Gasteiger partial charge is 0.295 e. The Kier molecular flexibility index (Phi) is 3.80. The van der Waals surface area contributed by atoms with E-state index in [0.29, 0.717) is 15.6 Å². The van der Waals surface area contributed by atoms with Crippen molar-refractivity contribution in [1.82, 2.24) is 9.55 Å². The van der Waals surface area contributed by atoms with E-state index in [9.17, 15) is 9.59 Å². The van der Waals surface area contributed by atoms with Gasteiger partial charge >= 0.3 is 5.69 Å². The first-order chi connectivity index (χ1) is 8.49. The maximum absolute atomic E-state index is 11.6. The van der Waals surface area contributed by atoms with Gasteiger partial charge < -0.3 is 0 Å². The van der Waals surface area contributed by atoms with E-state index < -0.39 is 11.2 Å². The minimum Gasteiger partial charge on any atom is -0.295 e. The molecule has 2 aromatic rings. The van der Waals surface area contributed by atoms with Gasteiger partial charge in [-0.05, 0) is 11.6 Å². The van der Waals surface area contributed by atoms with Crippen molar-refractivity contribution < 1.29 is 0 Å². The molecule has 18 heavy (non-hydrogen) atoms. The Hall–Kier alpha value is -1.23. The van der Waals surface area contributed by atoms with Crippen molar-refractivity contribution in [2.75, 3.05) is 0 Å². The second-order valence-corrected chi connectivity index (χ2v) is 4.77. The van der Waals surface area contributed by atoms with Gasteiger partial charge in [-0.1, -0.05) is 46.9 Å². The van der Waals surface area contributed by atoms with Crippen molar-refractivity contribution >= 4 is 34.8 Å². The summed E-state index contributed by atoms with van der Waals surface area (Å²) < 4.78 is 1.25. The molecule has 0 aliphatic heterocycles. The SMILES string of the molecule is O=c1[nH]c(=O)n(Cc2cccc(Cl)c2Cl)cc1Cl. The van der Waals surface area contributed by atoms with E-state index in [0.717, 1.165) is 0 Å². The molecule has 0 saturated carbocycles. The summed E-state index contributed by atoms with van der Waals surface area (Å²) in [5.41, 5.74) is -0.509. The van der Waals surface area contributed by atoms with Crippen molar-refractivity contribution in [2.45, 2.75) is 6.54 Å². The summed E-state index contributed by atoms with van der Waals surface area (Å²) >= 11 is 17.5. The van der Waals surface area contributed by atoms with Crippen molar-refractivity contribution in [2.24, 2.45) is 0 Å². The molecule has 4 nitrogen and oxygen atoms in total. The first kappa shape index (κ1) is 13.2. The van der Waals surface area contributed by atoms with Crippen LogP contribution in [0.5, 0.6) is 0 Å². The first-order valence-electron chi connectivity index (χ1n) is 4.91. The normalized spacial score (nSPS) is 10.6. The topological polar surface area (TPSA) is 54.9 Å². The molecule has 7 heteroatoms. The predicted molar refractivity (Wildman–Crippen MR) is 71.9 cm³/mol. The fourth-order valence-electron chi connectivity index (χ4n) is 1.45. The van der Waals surface area contributed by atoms with Crippen LogP contribution in [0, 0.1) is 0 Å². The first-order valence-corrected chi connectivity index (χ1v) is 6.04. The number of H-pyrrole nitrogens is 1. The molecule has 1 heterocycles. The molecule has 1 N–H and O–H groups in total. The lowest BCUT2D eigenvalue weighted by Gasteiger charge is -2.08. The van der Waals surface area contributed by atoms with Gasteiger partial charge in [0, 0.05) is 6.20 Å². The van der Waals surface area contributed by atoms with Gasteiger partial charge in [0.1, 0.15) is 5.02 Å². The van der Waals surface area contributed by atoms with Gasteiger partial charge in [-0.2, -0.15) is 0 Å². The van der Waals surface area contributed by atoms with Crippen molar-refractivity contribution in [3.63, 3.8) is 0 Å². The molecule has 0 amide bonds. The Bertz CT molecular complexity index is 706. The molecule has 0 bridgehead atoms. The standard InChI is InChI=1S/C11H7Cl3N2O2/c12-7-3-1-2-6(9(7)14)4-16-5-8(13)10(17)15-11(16)18/h1-3,5H,4H2,(H,15,17,18). The molecular formula is C11H7Cl3N2O2. The molecule has 0 aliphatic rings. The number of nitrogens with one attached hydrogen (secondary N) is 1. The molecule has 0 fully saturated rings. The lowest BCUT2D eigenvalue weighted by atomic mass is 10.2. The number of hydrogen-bond acceptors (Lipinski definition) is 2. The summed E-state index contributed by atoms with van der Waals surface area (Å²) in [6, 6.07) is 5.11. The van der Waals surface area contributed by atoms with E-state index >= 15 is 0 Å². The van der Waals surface area contributed by atoms with E-state index in [2.05, 4.69) is 4.98 Å². The molecule has 0 spiro atoms. The zero-order chi connectivity index (χ0) is 13.3. The molecule has 0 radical (unpaired) electrons. The molecule has 2 rings (SSSR count). The van der Waals surface area contributed by atoms with E-state index in [4.69, 9.17) is 34.8 Å². The Morgan fingerprint density at radius 3 is 2.56 bits per heavy atom. The lowest BCUT2D eigenvalue weighted by Crippen LogP contribution is -2.30. The van der Waals surface area contributed by atoms with Gasteiger partial charge in [-0.15, -0.1) is 0 Å². The molecule has 1 aromatic carbocycles. The van der Waals surface area contributed by atoms with Crippen LogP contribution in [0.2, 0.25) is 15.1 Å². The number of aromatic nitrogens is 2. The highest BCUT2D eigenvalue weighted by Gasteiger charge is 2.07. The van der Waals surface area contributed by atoms with Crippen LogP contribution < -0.4 is 11.2 Å². The van der Waals surface area contributed by atoms with Gasteiger partial charge in [0.25, 0.3) is 5.56 Å². The molecular weight excluding hydrogens is 298 g/mol. The highest BCUT2D eigenvalue weighted by molar-refractivity contribution is 6.42. The number of halogens is 3. The Balaban J connectivity index is 2.47. The molecule has 1 aromatic heterocycles. The van der Waals surface area contributed by atoms with Gasteiger partial charge in [-0.25, -0.2) is 4.79 Å². The van der Waals surface area contributed by atoms with Crippen LogP contribution in [-0.2, 0) is 6.54 Å². The summed E-state index contributed by atoms with van der Waals surface area (Å²) in [7, 11) is 0. The van der Waals surface area contributed by atoms with Crippen molar-refractivity contribution in [1.29, 1.82) is 0 Å². The summed E-state index contributed by atoms with van der Waals surface area (Å²) in [5.74, 6) is 0. The van der Waals surface area contributed by atoms with Crippen LogP contribution in [0.1, 0.15) is 5.56 Å². The summed E-state index contributed by atoms with van der Waals surface area (Å²) in [6.45, 7) is 0.175. The summed E-state index contributed by atoms with van der Waals surface area (Å²) in [6.07, 6.45) is 1.26. The van der Waals surface area contributed by atoms with Crippen molar-refractivity contribution in [3.05, 3.63) is 65.9 Å². The van der Waals surface area contributed by atoms with Crippen LogP contribution in [0.15, 0.2) is 34.0 Å². The Labute approximate surface area is 117 Å². The monoisotopic (exact) mass is 304 g/mol. The van der Waals surface area contributed by atoms with E-state index in [1.807, 2.05) is 0 Å². The van der Waals surface area contributed by atoms with Gasteiger partial charge in [0.15, 0.2) is 0 Å². The maximum atomic E-state index is 11.6. The number of nitrogens with zero attached hydrogens (tertiary/aromatic N) is 1. The number of rotatable bonds is 2. The number of hydrogen-bond donors (Lipinski definition) is 1. The van der Waals surface area contributed by atoms with Gasteiger partial charge in [-0.3, -0.25) is 14.3 Å². The van der Waals surface area contributed by atoms with Gasteiger partial charge in [0.05, 0.1) is 16.6 Å². The highest BCUT2D eigenvalue weighted by atomic mass is 35.5. The van der Waals surface area contributed by atoms with Crippen molar-refractivity contribution in [3.8, 4) is 0 Å². The van der Waals surface area contributed by atoms with Crippen LogP contribution in [0.3, 0.4) is 0 Å².